The van der Waals surface area contributed by atoms with E-state index in [4.69, 9.17) is 37.2 Å². The molecule has 0 fully saturated rings. The molecule has 0 aliphatic rings. The molecule has 0 bridgehead atoms. The smallest absolute Gasteiger partial charge is 0.246 e. The van der Waals surface area contributed by atoms with E-state index in [1.165, 1.54) is 6.08 Å². The number of aromatic nitrogens is 2. The van der Waals surface area contributed by atoms with Crippen molar-refractivity contribution in [3.63, 3.8) is 0 Å². The highest BCUT2D eigenvalue weighted by atomic mass is 35.5. The lowest BCUT2D eigenvalue weighted by atomic mass is 10.2. The molecule has 0 saturated heterocycles. The second kappa shape index (κ2) is 9.45. The van der Waals surface area contributed by atoms with Gasteiger partial charge in [-0.05, 0) is 35.9 Å². The summed E-state index contributed by atoms with van der Waals surface area (Å²) in [4.78, 5) is 16.3. The summed E-state index contributed by atoms with van der Waals surface area (Å²) >= 11 is 11.9. The number of methoxy groups -OCH3 is 2. The summed E-state index contributed by atoms with van der Waals surface area (Å²) < 4.78 is 15.7. The van der Waals surface area contributed by atoms with Crippen LogP contribution in [-0.4, -0.2) is 30.3 Å². The third-order valence-electron chi connectivity index (χ3n) is 3.91. The first-order chi connectivity index (χ1) is 14.0. The molecule has 1 amide bonds. The monoisotopic (exact) mass is 433 g/mol. The molecule has 9 heteroatoms. The molecule has 0 unspecified atom stereocenters. The van der Waals surface area contributed by atoms with Gasteiger partial charge in [0, 0.05) is 22.2 Å². The first-order valence-corrected chi connectivity index (χ1v) is 9.21. The van der Waals surface area contributed by atoms with Gasteiger partial charge in [-0.1, -0.05) is 34.4 Å². The summed E-state index contributed by atoms with van der Waals surface area (Å²) in [6.45, 7) is 0.0724. The molecule has 3 rings (SSSR count). The van der Waals surface area contributed by atoms with Crippen molar-refractivity contribution in [2.24, 2.45) is 0 Å². The molecule has 29 heavy (non-hydrogen) atoms. The van der Waals surface area contributed by atoms with Crippen LogP contribution in [0.1, 0.15) is 11.5 Å². The standard InChI is InChI=1S/C20H17Cl2N3O4/c1-27-14-6-7-15(17(10-14)28-2)20-24-19(29-25-20)11-23-18(26)8-4-12-3-5-13(21)9-16(12)22/h3-10H,11H2,1-2H3,(H,23,26)/b8-4+. The fourth-order valence-corrected chi connectivity index (χ4v) is 2.91. The third-order valence-corrected chi connectivity index (χ3v) is 4.47. The highest BCUT2D eigenvalue weighted by Crippen LogP contribution is 2.31. The van der Waals surface area contributed by atoms with E-state index in [1.807, 2.05) is 0 Å². The van der Waals surface area contributed by atoms with Crippen molar-refractivity contribution in [2.75, 3.05) is 14.2 Å². The van der Waals surface area contributed by atoms with Crippen LogP contribution in [0.3, 0.4) is 0 Å². The first kappa shape index (κ1) is 20.7. The summed E-state index contributed by atoms with van der Waals surface area (Å²) in [6, 6.07) is 10.3. The largest absolute Gasteiger partial charge is 0.497 e. The molecule has 0 radical (unpaired) electrons. The Morgan fingerprint density at radius 2 is 2.00 bits per heavy atom. The number of rotatable bonds is 7. The normalized spacial score (nSPS) is 10.9. The molecule has 0 aliphatic carbocycles. The van der Waals surface area contributed by atoms with Crippen LogP contribution in [0.25, 0.3) is 17.5 Å². The number of hydrogen-bond acceptors (Lipinski definition) is 6. The van der Waals surface area contributed by atoms with E-state index < -0.39 is 0 Å². The van der Waals surface area contributed by atoms with Gasteiger partial charge in [0.05, 0.1) is 26.3 Å². The highest BCUT2D eigenvalue weighted by molar-refractivity contribution is 6.35. The maximum absolute atomic E-state index is 12.0. The van der Waals surface area contributed by atoms with Crippen molar-refractivity contribution in [3.8, 4) is 22.9 Å². The molecular weight excluding hydrogens is 417 g/mol. The van der Waals surface area contributed by atoms with E-state index in [1.54, 1.807) is 56.7 Å². The Labute approximate surface area is 177 Å². The van der Waals surface area contributed by atoms with Crippen molar-refractivity contribution in [1.29, 1.82) is 0 Å². The van der Waals surface area contributed by atoms with Gasteiger partial charge in [-0.25, -0.2) is 0 Å². The van der Waals surface area contributed by atoms with Gasteiger partial charge in [0.15, 0.2) is 0 Å². The molecule has 1 aromatic heterocycles. The minimum atomic E-state index is -0.335. The topological polar surface area (TPSA) is 86.5 Å². The molecular formula is C20H17Cl2N3O4. The lowest BCUT2D eigenvalue weighted by Gasteiger charge is -2.07. The van der Waals surface area contributed by atoms with E-state index >= 15 is 0 Å². The molecule has 0 saturated carbocycles. The fraction of sp³-hybridized carbons (Fsp3) is 0.150. The minimum absolute atomic E-state index is 0.0724. The van der Waals surface area contributed by atoms with Crippen molar-refractivity contribution in [2.45, 2.75) is 6.54 Å². The van der Waals surface area contributed by atoms with Crippen LogP contribution in [0, 0.1) is 0 Å². The number of ether oxygens (including phenoxy) is 2. The lowest BCUT2D eigenvalue weighted by molar-refractivity contribution is -0.116. The number of nitrogens with zero attached hydrogens (tertiary/aromatic N) is 2. The van der Waals surface area contributed by atoms with E-state index in [0.29, 0.717) is 38.5 Å². The van der Waals surface area contributed by atoms with E-state index in [9.17, 15) is 4.79 Å². The molecule has 1 N–H and O–H groups in total. The maximum Gasteiger partial charge on any atom is 0.246 e. The second-order valence-electron chi connectivity index (χ2n) is 5.79. The number of carbonyl (C=O) groups excluding carboxylic acids is 1. The Morgan fingerprint density at radius 1 is 1.17 bits per heavy atom. The van der Waals surface area contributed by atoms with Crippen molar-refractivity contribution < 1.29 is 18.8 Å². The van der Waals surface area contributed by atoms with Crippen LogP contribution < -0.4 is 14.8 Å². The molecule has 7 nitrogen and oxygen atoms in total. The predicted octanol–water partition coefficient (Wildman–Crippen LogP) is 4.39. The third kappa shape index (κ3) is 5.28. The highest BCUT2D eigenvalue weighted by Gasteiger charge is 2.14. The molecule has 0 spiro atoms. The van der Waals surface area contributed by atoms with Crippen LogP contribution in [0.15, 0.2) is 47.0 Å². The average Bonchev–Trinajstić information content (AvgIpc) is 3.20. The van der Waals surface area contributed by atoms with Crippen molar-refractivity contribution >= 4 is 35.2 Å². The Kier molecular flexibility index (Phi) is 6.74. The van der Waals surface area contributed by atoms with Crippen LogP contribution in [0.2, 0.25) is 10.0 Å². The van der Waals surface area contributed by atoms with Crippen LogP contribution in [0.4, 0.5) is 0 Å². The Hall–Kier alpha value is -3.03. The Bertz CT molecular complexity index is 1050. The van der Waals surface area contributed by atoms with Gasteiger partial charge in [-0.2, -0.15) is 4.98 Å². The zero-order valence-corrected chi connectivity index (χ0v) is 17.1. The van der Waals surface area contributed by atoms with Crippen molar-refractivity contribution in [3.05, 3.63) is 64.0 Å². The van der Waals surface area contributed by atoms with Gasteiger partial charge < -0.3 is 19.3 Å². The number of halogens is 2. The van der Waals surface area contributed by atoms with Gasteiger partial charge in [0.1, 0.15) is 11.5 Å². The maximum atomic E-state index is 12.0. The molecule has 0 aliphatic heterocycles. The second-order valence-corrected chi connectivity index (χ2v) is 6.64. The van der Waals surface area contributed by atoms with E-state index in [0.717, 1.165) is 0 Å². The van der Waals surface area contributed by atoms with Gasteiger partial charge in [0.2, 0.25) is 17.6 Å². The van der Waals surface area contributed by atoms with Gasteiger partial charge >= 0.3 is 0 Å². The molecule has 2 aromatic carbocycles. The number of benzene rings is 2. The number of hydrogen-bond donors (Lipinski definition) is 1. The zero-order valence-electron chi connectivity index (χ0n) is 15.6. The minimum Gasteiger partial charge on any atom is -0.497 e. The zero-order chi connectivity index (χ0) is 20.8. The summed E-state index contributed by atoms with van der Waals surface area (Å²) in [5.74, 6) is 1.46. The summed E-state index contributed by atoms with van der Waals surface area (Å²) in [5, 5.41) is 7.59. The summed E-state index contributed by atoms with van der Waals surface area (Å²) in [6.07, 6.45) is 2.95. The van der Waals surface area contributed by atoms with Crippen LogP contribution in [0.5, 0.6) is 11.5 Å². The summed E-state index contributed by atoms with van der Waals surface area (Å²) in [7, 11) is 3.11. The molecule has 1 heterocycles. The van der Waals surface area contributed by atoms with E-state index in [2.05, 4.69) is 15.5 Å². The lowest BCUT2D eigenvalue weighted by Crippen LogP contribution is -2.20. The van der Waals surface area contributed by atoms with Crippen LogP contribution in [-0.2, 0) is 11.3 Å². The molecule has 3 aromatic rings. The number of carbonyl (C=O) groups is 1. The Balaban J connectivity index is 1.63. The predicted molar refractivity (Wildman–Crippen MR) is 110 cm³/mol. The quantitative estimate of drug-likeness (QED) is 0.555. The molecule has 0 atom stereocenters. The van der Waals surface area contributed by atoms with E-state index in [-0.39, 0.29) is 18.3 Å². The first-order valence-electron chi connectivity index (χ1n) is 8.46. The number of nitrogens with one attached hydrogen (secondary N) is 1. The number of amides is 1. The average molecular weight is 434 g/mol. The Morgan fingerprint density at radius 3 is 2.72 bits per heavy atom. The van der Waals surface area contributed by atoms with Crippen LogP contribution >= 0.6 is 23.2 Å². The fourth-order valence-electron chi connectivity index (χ4n) is 2.44. The van der Waals surface area contributed by atoms with Gasteiger partial charge in [0.25, 0.3) is 0 Å². The molecule has 150 valence electrons. The van der Waals surface area contributed by atoms with Gasteiger partial charge in [-0.3, -0.25) is 4.79 Å². The van der Waals surface area contributed by atoms with Crippen molar-refractivity contribution in [1.82, 2.24) is 15.5 Å². The SMILES string of the molecule is COc1ccc(-c2noc(CNC(=O)/C=C/c3ccc(Cl)cc3Cl)n2)c(OC)c1. The van der Waals surface area contributed by atoms with Gasteiger partial charge in [-0.15, -0.1) is 0 Å². The summed E-state index contributed by atoms with van der Waals surface area (Å²) in [5.41, 5.74) is 1.32.